The van der Waals surface area contributed by atoms with Gasteiger partial charge in [-0.15, -0.1) is 0 Å². The number of esters is 1. The Morgan fingerprint density at radius 2 is 1.75 bits per heavy atom. The first-order valence-electron chi connectivity index (χ1n) is 8.30. The molecule has 0 radical (unpaired) electrons. The number of nitro groups is 1. The number of nitro benzene ring substituents is 1. The van der Waals surface area contributed by atoms with Crippen LogP contribution in [0.4, 0.5) is 11.4 Å². The average Bonchev–Trinajstić information content (AvgIpc) is 2.66. The number of rotatable bonds is 8. The van der Waals surface area contributed by atoms with Crippen LogP contribution in [0.3, 0.4) is 0 Å². The van der Waals surface area contributed by atoms with Gasteiger partial charge in [0.1, 0.15) is 5.69 Å². The number of Topliss-reactive ketones (excluding diaryl/α,β-unsaturated/α-hetero) is 1. The van der Waals surface area contributed by atoms with Gasteiger partial charge in [-0.25, -0.2) is 0 Å². The molecule has 28 heavy (non-hydrogen) atoms. The average molecular weight is 405 g/mol. The van der Waals surface area contributed by atoms with Crippen LogP contribution in [0, 0.1) is 10.1 Å². The summed E-state index contributed by atoms with van der Waals surface area (Å²) in [6.45, 7) is 1.34. The second kappa shape index (κ2) is 9.61. The summed E-state index contributed by atoms with van der Waals surface area (Å²) in [6, 6.07) is 11.9. The quantitative estimate of drug-likeness (QED) is 0.310. The summed E-state index contributed by atoms with van der Waals surface area (Å²) in [4.78, 5) is 46.4. The number of nitrogens with zero attached hydrogens (tertiary/aromatic N) is 1. The van der Waals surface area contributed by atoms with Crippen molar-refractivity contribution in [2.75, 3.05) is 5.32 Å². The Kier molecular flexibility index (Phi) is 7.22. The number of benzene rings is 2. The number of carbonyl (C=O) groups is 3. The molecule has 0 aliphatic rings. The van der Waals surface area contributed by atoms with Crippen LogP contribution in [0.15, 0.2) is 48.5 Å². The minimum Gasteiger partial charge on any atom is -0.453 e. The fraction of sp³-hybridized carbons (Fsp3) is 0.211. The molecule has 0 fully saturated rings. The Bertz CT molecular complexity index is 898. The number of amides is 1. The summed E-state index contributed by atoms with van der Waals surface area (Å²) in [6.07, 6.45) is -1.47. The fourth-order valence-corrected chi connectivity index (χ4v) is 2.40. The van der Waals surface area contributed by atoms with Gasteiger partial charge in [-0.1, -0.05) is 23.7 Å². The van der Waals surface area contributed by atoms with Gasteiger partial charge in [-0.2, -0.15) is 0 Å². The number of nitrogens with one attached hydrogen (secondary N) is 1. The van der Waals surface area contributed by atoms with E-state index < -0.39 is 22.9 Å². The molecule has 1 N–H and O–H groups in total. The molecule has 0 bridgehead atoms. The summed E-state index contributed by atoms with van der Waals surface area (Å²) in [5.74, 6) is -1.70. The lowest BCUT2D eigenvalue weighted by Gasteiger charge is -2.13. The van der Waals surface area contributed by atoms with Gasteiger partial charge in [0.05, 0.1) is 11.3 Å². The van der Waals surface area contributed by atoms with Crippen molar-refractivity contribution in [3.63, 3.8) is 0 Å². The van der Waals surface area contributed by atoms with Crippen LogP contribution < -0.4 is 5.32 Å². The summed E-state index contributed by atoms with van der Waals surface area (Å²) >= 11 is 5.76. The lowest BCUT2D eigenvalue weighted by Crippen LogP contribution is -2.30. The second-order valence-electron chi connectivity index (χ2n) is 5.83. The van der Waals surface area contributed by atoms with E-state index in [1.807, 2.05) is 0 Å². The molecule has 1 amide bonds. The predicted octanol–water partition coefficient (Wildman–Crippen LogP) is 3.78. The number of halogens is 1. The minimum atomic E-state index is -1.18. The molecule has 0 saturated heterocycles. The lowest BCUT2D eigenvalue weighted by molar-refractivity contribution is -0.383. The van der Waals surface area contributed by atoms with Gasteiger partial charge >= 0.3 is 5.97 Å². The van der Waals surface area contributed by atoms with Crippen molar-refractivity contribution in [3.8, 4) is 0 Å². The van der Waals surface area contributed by atoms with Crippen molar-refractivity contribution < 1.29 is 24.0 Å². The van der Waals surface area contributed by atoms with Crippen LogP contribution in [0.2, 0.25) is 5.02 Å². The van der Waals surface area contributed by atoms with Crippen LogP contribution in [0.5, 0.6) is 0 Å². The highest BCUT2D eigenvalue weighted by Gasteiger charge is 2.22. The Labute approximate surface area is 165 Å². The molecule has 0 unspecified atom stereocenters. The second-order valence-corrected chi connectivity index (χ2v) is 6.26. The molecule has 9 heteroatoms. The van der Waals surface area contributed by atoms with E-state index in [2.05, 4.69) is 5.32 Å². The van der Waals surface area contributed by atoms with E-state index in [0.717, 1.165) is 0 Å². The normalized spacial score (nSPS) is 11.4. The van der Waals surface area contributed by atoms with E-state index in [-0.39, 0.29) is 30.0 Å². The van der Waals surface area contributed by atoms with E-state index in [0.29, 0.717) is 10.6 Å². The van der Waals surface area contributed by atoms with Crippen LogP contribution in [0.1, 0.15) is 30.1 Å². The van der Waals surface area contributed by atoms with E-state index in [1.165, 1.54) is 31.2 Å². The summed E-state index contributed by atoms with van der Waals surface area (Å²) in [5, 5.41) is 13.8. The molecule has 0 spiro atoms. The third-order valence-corrected chi connectivity index (χ3v) is 4.01. The first-order valence-corrected chi connectivity index (χ1v) is 8.68. The Balaban J connectivity index is 1.86. The van der Waals surface area contributed by atoms with Gasteiger partial charge in [-0.3, -0.25) is 24.5 Å². The molecule has 146 valence electrons. The fourth-order valence-electron chi connectivity index (χ4n) is 2.28. The molecule has 0 aliphatic carbocycles. The van der Waals surface area contributed by atoms with Crippen molar-refractivity contribution in [3.05, 3.63) is 69.2 Å². The van der Waals surface area contributed by atoms with E-state index in [9.17, 15) is 24.5 Å². The number of ether oxygens (including phenoxy) is 1. The minimum absolute atomic E-state index is 0.00156. The monoisotopic (exact) mass is 404 g/mol. The molecule has 0 aromatic heterocycles. The van der Waals surface area contributed by atoms with Gasteiger partial charge in [-0.05, 0) is 37.3 Å². The number of anilines is 1. The Morgan fingerprint density at radius 1 is 1.11 bits per heavy atom. The van der Waals surface area contributed by atoms with Crippen LogP contribution in [0.25, 0.3) is 0 Å². The highest BCUT2D eigenvalue weighted by molar-refractivity contribution is 6.30. The highest BCUT2D eigenvalue weighted by Crippen LogP contribution is 2.23. The van der Waals surface area contributed by atoms with Crippen molar-refractivity contribution in [2.45, 2.75) is 25.9 Å². The van der Waals surface area contributed by atoms with Gasteiger partial charge in [0.2, 0.25) is 0 Å². The van der Waals surface area contributed by atoms with Gasteiger partial charge in [0.15, 0.2) is 11.9 Å². The van der Waals surface area contributed by atoms with Crippen molar-refractivity contribution >= 4 is 40.6 Å². The van der Waals surface area contributed by atoms with Gasteiger partial charge < -0.3 is 10.1 Å². The van der Waals surface area contributed by atoms with Crippen LogP contribution >= 0.6 is 11.6 Å². The molecular weight excluding hydrogens is 388 g/mol. The molecule has 0 heterocycles. The molecule has 0 saturated carbocycles. The van der Waals surface area contributed by atoms with E-state index >= 15 is 0 Å². The van der Waals surface area contributed by atoms with Crippen LogP contribution in [-0.4, -0.2) is 28.7 Å². The zero-order valence-electron chi connectivity index (χ0n) is 14.9. The maximum absolute atomic E-state index is 12.1. The third-order valence-electron chi connectivity index (χ3n) is 3.76. The standard InChI is InChI=1S/C19H17ClN2O6/c1-12(19(25)21-15-4-2-3-5-16(15)22(26)27)28-18(24)11-10-17(23)13-6-8-14(20)9-7-13/h2-9,12H,10-11H2,1H3,(H,21,25)/t12-/m0/s1. The SMILES string of the molecule is C[C@H](OC(=O)CCC(=O)c1ccc(Cl)cc1)C(=O)Nc1ccccc1[N+](=O)[O-]. The molecule has 2 aromatic carbocycles. The third kappa shape index (κ3) is 5.88. The number of para-hydroxylation sites is 2. The largest absolute Gasteiger partial charge is 0.453 e. The molecular formula is C19H17ClN2O6. The maximum atomic E-state index is 12.1. The van der Waals surface area contributed by atoms with Gasteiger partial charge in [0, 0.05) is 23.1 Å². The lowest BCUT2D eigenvalue weighted by atomic mass is 10.1. The zero-order valence-corrected chi connectivity index (χ0v) is 15.6. The molecule has 2 aromatic rings. The van der Waals surface area contributed by atoms with Gasteiger partial charge in [0.25, 0.3) is 11.6 Å². The zero-order chi connectivity index (χ0) is 20.7. The number of hydrogen-bond donors (Lipinski definition) is 1. The summed E-state index contributed by atoms with van der Waals surface area (Å²) in [7, 11) is 0. The summed E-state index contributed by atoms with van der Waals surface area (Å²) < 4.78 is 5.00. The molecule has 1 atom stereocenters. The first-order chi connectivity index (χ1) is 13.3. The number of ketones is 1. The maximum Gasteiger partial charge on any atom is 0.307 e. The van der Waals surface area contributed by atoms with E-state index in [1.54, 1.807) is 24.3 Å². The van der Waals surface area contributed by atoms with Crippen LogP contribution in [-0.2, 0) is 14.3 Å². The number of carbonyl (C=O) groups excluding carboxylic acids is 3. The topological polar surface area (TPSA) is 116 Å². The summed E-state index contributed by atoms with van der Waals surface area (Å²) in [5.41, 5.74) is 0.139. The predicted molar refractivity (Wildman–Crippen MR) is 102 cm³/mol. The van der Waals surface area contributed by atoms with Crippen molar-refractivity contribution in [1.82, 2.24) is 0 Å². The Morgan fingerprint density at radius 3 is 2.39 bits per heavy atom. The van der Waals surface area contributed by atoms with Crippen molar-refractivity contribution in [2.24, 2.45) is 0 Å². The highest BCUT2D eigenvalue weighted by atomic mass is 35.5. The Hall–Kier alpha value is -3.26. The van der Waals surface area contributed by atoms with Crippen molar-refractivity contribution in [1.29, 1.82) is 0 Å². The molecule has 2 rings (SSSR count). The number of hydrogen-bond acceptors (Lipinski definition) is 6. The molecule has 0 aliphatic heterocycles. The van der Waals surface area contributed by atoms with E-state index in [4.69, 9.17) is 16.3 Å². The smallest absolute Gasteiger partial charge is 0.307 e. The molecule has 8 nitrogen and oxygen atoms in total. The first kappa shape index (κ1) is 21.0.